The van der Waals surface area contributed by atoms with E-state index in [1.54, 1.807) is 14.1 Å². The van der Waals surface area contributed by atoms with E-state index in [4.69, 9.17) is 5.73 Å². The van der Waals surface area contributed by atoms with Gasteiger partial charge in [-0.25, -0.2) is 0 Å². The van der Waals surface area contributed by atoms with Crippen molar-refractivity contribution in [2.24, 2.45) is 17.6 Å². The number of fused-ring (bicyclic) bond motifs is 4. The molecule has 0 aliphatic heterocycles. The Labute approximate surface area is 202 Å². The highest BCUT2D eigenvalue weighted by molar-refractivity contribution is 6.24. The number of aliphatic hydroxyl groups is 3. The largest absolute Gasteiger partial charge is 0.508 e. The Morgan fingerprint density at radius 2 is 1.69 bits per heavy atom. The molecular weight excluding hydrogens is 448 g/mol. The molecule has 2 aromatic carbocycles. The van der Waals surface area contributed by atoms with E-state index in [-0.39, 0.29) is 17.8 Å². The minimum absolute atomic E-state index is 0.0104. The van der Waals surface area contributed by atoms with Crippen molar-refractivity contribution in [3.63, 3.8) is 0 Å². The Morgan fingerprint density at radius 3 is 2.26 bits per heavy atom. The summed E-state index contributed by atoms with van der Waals surface area (Å²) in [5.74, 6) is -5.60. The van der Waals surface area contributed by atoms with Crippen LogP contribution in [0.3, 0.4) is 0 Å². The summed E-state index contributed by atoms with van der Waals surface area (Å²) < 4.78 is 0. The van der Waals surface area contributed by atoms with Crippen LogP contribution in [0.25, 0.3) is 16.5 Å². The minimum Gasteiger partial charge on any atom is -0.508 e. The molecule has 0 bridgehead atoms. The Morgan fingerprint density at radius 1 is 1.09 bits per heavy atom. The number of nitrogens with zero attached hydrogens (tertiary/aromatic N) is 1. The highest BCUT2D eigenvalue weighted by Gasteiger charge is 2.64. The van der Waals surface area contributed by atoms with Gasteiger partial charge in [0.25, 0.3) is 5.91 Å². The number of carbonyl (C=O) groups is 3. The molecule has 8 nitrogen and oxygen atoms in total. The van der Waals surface area contributed by atoms with Crippen molar-refractivity contribution in [3.05, 3.63) is 63.4 Å². The first-order valence-electron chi connectivity index (χ1n) is 11.6. The third-order valence-electron chi connectivity index (χ3n) is 8.18. The average molecular weight is 477 g/mol. The smallest absolute Gasteiger partial charge is 0.255 e. The highest BCUT2D eigenvalue weighted by Crippen LogP contribution is 2.52. The summed E-state index contributed by atoms with van der Waals surface area (Å²) in [5.41, 5.74) is 5.35. The summed E-state index contributed by atoms with van der Waals surface area (Å²) in [4.78, 5) is 40.6. The lowest BCUT2D eigenvalue weighted by atomic mass is 9.57. The summed E-state index contributed by atoms with van der Waals surface area (Å²) in [7, 11) is 3.21. The second-order valence-electron chi connectivity index (χ2n) is 10.1. The van der Waals surface area contributed by atoms with Crippen molar-refractivity contribution in [2.45, 2.75) is 38.3 Å². The number of amides is 1. The minimum atomic E-state index is -2.55. The van der Waals surface area contributed by atoms with Crippen LogP contribution in [0.15, 0.2) is 41.2 Å². The first-order chi connectivity index (χ1) is 16.4. The number of hydrogen-bond acceptors (Lipinski definition) is 7. The third-order valence-corrected chi connectivity index (χ3v) is 8.18. The van der Waals surface area contributed by atoms with E-state index in [1.165, 1.54) is 4.90 Å². The van der Waals surface area contributed by atoms with Crippen LogP contribution in [0.4, 0.5) is 0 Å². The van der Waals surface area contributed by atoms with Gasteiger partial charge in [0.1, 0.15) is 17.1 Å². The van der Waals surface area contributed by atoms with Gasteiger partial charge >= 0.3 is 0 Å². The predicted molar refractivity (Wildman–Crippen MR) is 130 cm³/mol. The van der Waals surface area contributed by atoms with Crippen LogP contribution in [-0.4, -0.2) is 63.4 Å². The second kappa shape index (κ2) is 7.50. The molecule has 5 rings (SSSR count). The topological polar surface area (TPSA) is 141 Å². The van der Waals surface area contributed by atoms with E-state index in [2.05, 4.69) is 0 Å². The summed E-state index contributed by atoms with van der Waals surface area (Å²) in [6, 6.07) is 6.79. The average Bonchev–Trinajstić information content (AvgIpc) is 2.79. The van der Waals surface area contributed by atoms with Gasteiger partial charge in [-0.1, -0.05) is 24.3 Å². The lowest BCUT2D eigenvalue weighted by Crippen LogP contribution is -2.65. The zero-order chi connectivity index (χ0) is 25.6. The van der Waals surface area contributed by atoms with E-state index in [1.807, 2.05) is 38.1 Å². The van der Waals surface area contributed by atoms with Crippen LogP contribution in [0, 0.1) is 25.7 Å². The number of aliphatic hydroxyl groups excluding tert-OH is 2. The predicted octanol–water partition coefficient (Wildman–Crippen LogP) is 2.03. The molecule has 0 unspecified atom stereocenters. The number of likely N-dealkylation sites (N-methyl/N-ethyl adjacent to an activating group) is 1. The molecule has 0 radical (unpaired) electrons. The monoisotopic (exact) mass is 476 g/mol. The second-order valence-corrected chi connectivity index (χ2v) is 10.1. The van der Waals surface area contributed by atoms with Crippen LogP contribution in [0.5, 0.6) is 0 Å². The molecule has 3 aliphatic rings. The zero-order valence-corrected chi connectivity index (χ0v) is 20.0. The molecule has 4 atom stereocenters. The van der Waals surface area contributed by atoms with Gasteiger partial charge in [0.2, 0.25) is 5.78 Å². The number of benzene rings is 2. The van der Waals surface area contributed by atoms with Crippen LogP contribution in [0.1, 0.15) is 28.7 Å². The molecule has 0 heterocycles. The van der Waals surface area contributed by atoms with E-state index >= 15 is 0 Å². The molecule has 5 N–H and O–H groups in total. The Kier molecular flexibility index (Phi) is 4.99. The van der Waals surface area contributed by atoms with Crippen molar-refractivity contribution in [2.75, 3.05) is 14.1 Å². The van der Waals surface area contributed by atoms with Crippen LogP contribution < -0.4 is 5.73 Å². The standard InChI is InChI=1S/C27H28N2O6/c1-11-14-7-5-6-8-15(14)12(2)18-16(11)9-13-10-17-21(29(3)4)23(31)20(26(28)34)25(33)27(17,35)24(32)19(13)22(18)30/h5-8,13,17,21,30,33,35H,9-10H2,1-4H3,(H2,28,34)/t13-,17-,21-,27-/m0/s1. The van der Waals surface area contributed by atoms with Crippen molar-refractivity contribution in [1.29, 1.82) is 0 Å². The molecular formula is C27H28N2O6. The maximum absolute atomic E-state index is 13.9. The normalized spacial score (nSPS) is 28.3. The van der Waals surface area contributed by atoms with Gasteiger partial charge in [0.05, 0.1) is 6.04 Å². The molecule has 2 aromatic rings. The molecule has 0 aromatic heterocycles. The van der Waals surface area contributed by atoms with E-state index in [9.17, 15) is 29.7 Å². The number of hydrogen-bond donors (Lipinski definition) is 4. The van der Waals surface area contributed by atoms with Crippen LogP contribution >= 0.6 is 0 Å². The van der Waals surface area contributed by atoms with Gasteiger partial charge in [-0.05, 0) is 74.2 Å². The maximum atomic E-state index is 13.9. The number of primary amides is 1. The third kappa shape index (κ3) is 2.84. The highest BCUT2D eigenvalue weighted by atomic mass is 16.3. The summed E-state index contributed by atoms with van der Waals surface area (Å²) in [6.07, 6.45) is 0.586. The van der Waals surface area contributed by atoms with Gasteiger partial charge in [-0.2, -0.15) is 0 Å². The number of ketones is 2. The summed E-state index contributed by atoms with van der Waals surface area (Å²) >= 11 is 0. The molecule has 1 fully saturated rings. The van der Waals surface area contributed by atoms with E-state index in [0.29, 0.717) is 12.0 Å². The van der Waals surface area contributed by atoms with Gasteiger partial charge in [-0.15, -0.1) is 0 Å². The van der Waals surface area contributed by atoms with Gasteiger partial charge in [-0.3, -0.25) is 19.3 Å². The van der Waals surface area contributed by atoms with E-state index in [0.717, 1.165) is 27.5 Å². The fourth-order valence-corrected chi connectivity index (χ4v) is 6.56. The van der Waals surface area contributed by atoms with Gasteiger partial charge in [0, 0.05) is 17.1 Å². The van der Waals surface area contributed by atoms with Crippen molar-refractivity contribution in [1.82, 2.24) is 4.90 Å². The molecule has 3 aliphatic carbocycles. The molecule has 1 saturated carbocycles. The quantitative estimate of drug-likeness (QED) is 0.486. The number of carbonyl (C=O) groups excluding carboxylic acids is 3. The fourth-order valence-electron chi connectivity index (χ4n) is 6.56. The van der Waals surface area contributed by atoms with Crippen molar-refractivity contribution >= 4 is 34.0 Å². The molecule has 0 spiro atoms. The fraction of sp³-hybridized carbons (Fsp3) is 0.370. The Balaban J connectivity index is 1.79. The summed E-state index contributed by atoms with van der Waals surface area (Å²) in [6.45, 7) is 3.87. The van der Waals surface area contributed by atoms with Crippen LogP contribution in [-0.2, 0) is 20.8 Å². The van der Waals surface area contributed by atoms with Crippen molar-refractivity contribution in [3.8, 4) is 0 Å². The molecule has 8 heteroatoms. The molecule has 0 saturated heterocycles. The van der Waals surface area contributed by atoms with Crippen molar-refractivity contribution < 1.29 is 29.7 Å². The SMILES string of the molecule is Cc1c2c(c(C)c3ccccc13)C(O)=C1C(=O)[C@]3(O)C(O)=C(C(N)=O)C(=O)[C@@H](N(C)C)[C@@H]3C[C@@H]1C2. The zero-order valence-electron chi connectivity index (χ0n) is 20.0. The molecule has 1 amide bonds. The maximum Gasteiger partial charge on any atom is 0.255 e. The van der Waals surface area contributed by atoms with Crippen LogP contribution in [0.2, 0.25) is 0 Å². The Bertz CT molecular complexity index is 1420. The number of nitrogens with two attached hydrogens (primary N) is 1. The first-order valence-corrected chi connectivity index (χ1v) is 11.6. The molecule has 182 valence electrons. The number of Topliss-reactive ketones (excluding diaryl/α,β-unsaturated/α-hetero) is 2. The number of aryl methyl sites for hydroxylation is 2. The lowest BCUT2D eigenvalue weighted by Gasteiger charge is -2.50. The summed E-state index contributed by atoms with van der Waals surface area (Å²) in [5, 5.41) is 36.1. The molecule has 35 heavy (non-hydrogen) atoms. The first kappa shape index (κ1) is 23.3. The lowest BCUT2D eigenvalue weighted by molar-refractivity contribution is -0.153. The van der Waals surface area contributed by atoms with Gasteiger partial charge < -0.3 is 21.1 Å². The van der Waals surface area contributed by atoms with Gasteiger partial charge in [0.15, 0.2) is 11.4 Å². The Hall–Kier alpha value is -3.49. The number of rotatable bonds is 2. The van der Waals surface area contributed by atoms with E-state index < -0.39 is 52.3 Å².